The number of unbranched alkanes of at least 4 members (excludes halogenated alkanes) is 15. The number of halogens is 24. The second kappa shape index (κ2) is 30.0. The number of nitrogens with zero attached hydrogens (tertiary/aromatic N) is 2. The molecule has 0 aliphatic heterocycles. The fourth-order valence-corrected chi connectivity index (χ4v) is 10.3. The molecule has 0 atom stereocenters. The maximum Gasteiger partial charge on any atom is 0.416 e. The lowest BCUT2D eigenvalue weighted by Crippen LogP contribution is -2.75. The summed E-state index contributed by atoms with van der Waals surface area (Å²) in [6, 6.07) is 1.69. The van der Waals surface area contributed by atoms with Crippen LogP contribution in [0.2, 0.25) is 0 Å². The number of rotatable bonds is 24. The van der Waals surface area contributed by atoms with Gasteiger partial charge in [0.1, 0.15) is 12.3 Å². The van der Waals surface area contributed by atoms with E-state index in [1.54, 1.807) is 0 Å². The Morgan fingerprint density at radius 2 is 0.607 bits per heavy atom. The highest BCUT2D eigenvalue weighted by Crippen LogP contribution is 2.42. The Morgan fingerprint density at radius 1 is 0.348 bits per heavy atom. The van der Waals surface area contributed by atoms with Crippen molar-refractivity contribution in [3.8, 4) is 5.88 Å². The van der Waals surface area contributed by atoms with Crippen LogP contribution in [0.3, 0.4) is 0 Å². The zero-order chi connectivity index (χ0) is 66.4. The van der Waals surface area contributed by atoms with Crippen molar-refractivity contribution in [3.05, 3.63) is 172 Å². The van der Waals surface area contributed by atoms with E-state index in [9.17, 15) is 105 Å². The van der Waals surface area contributed by atoms with Crippen LogP contribution in [0.1, 0.15) is 160 Å². The molecule has 5 aromatic carbocycles. The summed E-state index contributed by atoms with van der Waals surface area (Å²) in [7, 11) is 0. The summed E-state index contributed by atoms with van der Waals surface area (Å²) in [5, 5.41) is 0. The molecule has 0 aliphatic rings. The highest BCUT2D eigenvalue weighted by molar-refractivity contribution is 7.20. The van der Waals surface area contributed by atoms with Crippen molar-refractivity contribution in [2.75, 3.05) is 6.61 Å². The lowest BCUT2D eigenvalue weighted by Gasteiger charge is -2.46. The van der Waals surface area contributed by atoms with E-state index in [0.29, 0.717) is 0 Å². The number of alkyl halides is 24. The maximum atomic E-state index is 14.2. The Labute approximate surface area is 496 Å². The minimum atomic E-state index is -6.13. The molecular weight excluding hydrogens is 1240 g/mol. The van der Waals surface area contributed by atoms with Crippen LogP contribution in [0.25, 0.3) is 0 Å². The first kappa shape index (κ1) is 73.1. The molecule has 0 spiro atoms. The number of benzene rings is 5. The zero-order valence-electron chi connectivity index (χ0n) is 47.2. The van der Waals surface area contributed by atoms with Crippen LogP contribution in [-0.4, -0.2) is 17.7 Å². The van der Waals surface area contributed by atoms with E-state index in [1.165, 1.54) is 102 Å². The maximum absolute atomic E-state index is 14.2. The molecule has 0 saturated heterocycles. The van der Waals surface area contributed by atoms with E-state index in [-0.39, 0.29) is 0 Å². The molecule has 0 amide bonds. The molecule has 1 aromatic heterocycles. The van der Waals surface area contributed by atoms with Crippen LogP contribution < -0.4 is 31.2 Å². The van der Waals surface area contributed by atoms with Gasteiger partial charge in [0.05, 0.1) is 57.3 Å². The van der Waals surface area contributed by atoms with Gasteiger partial charge in [-0.1, -0.05) is 182 Å². The van der Waals surface area contributed by atoms with Crippen molar-refractivity contribution >= 4 is 28.0 Å². The lowest BCUT2D eigenvalue weighted by molar-refractivity contribution is -0.694. The molecule has 3 nitrogen and oxygen atoms in total. The van der Waals surface area contributed by atoms with Gasteiger partial charge in [0.15, 0.2) is 12.7 Å². The summed E-state index contributed by atoms with van der Waals surface area (Å²) < 4.78 is 349. The molecule has 0 radical (unpaired) electrons. The predicted molar refractivity (Wildman–Crippen MR) is 285 cm³/mol. The highest BCUT2D eigenvalue weighted by atomic mass is 19.4. The van der Waals surface area contributed by atoms with Crippen molar-refractivity contribution in [1.29, 1.82) is 0 Å². The predicted octanol–water partition coefficient (Wildman–Crippen LogP) is 19.3. The van der Waals surface area contributed by atoms with Gasteiger partial charge in [-0.15, -0.1) is 0 Å². The second-order valence-electron chi connectivity index (χ2n) is 21.4. The third kappa shape index (κ3) is 21.2. The van der Waals surface area contributed by atoms with E-state index < -0.39 is 195 Å². The van der Waals surface area contributed by atoms with Crippen LogP contribution in [0.15, 0.2) is 122 Å². The third-order valence-electron chi connectivity index (χ3n) is 14.7. The van der Waals surface area contributed by atoms with Gasteiger partial charge in [0, 0.05) is 5.56 Å². The monoisotopic (exact) mass is 1300 g/mol. The summed E-state index contributed by atoms with van der Waals surface area (Å²) in [5.41, 5.74) is -28.9. The Kier molecular flexibility index (Phi) is 24.6. The van der Waals surface area contributed by atoms with Crippen molar-refractivity contribution in [1.82, 2.24) is 4.98 Å². The average Bonchev–Trinajstić information content (AvgIpc) is 0.713. The van der Waals surface area contributed by atoms with Gasteiger partial charge in [-0.3, -0.25) is 0 Å². The largest absolute Gasteiger partial charge is 0.443 e. The highest BCUT2D eigenvalue weighted by Gasteiger charge is 2.47. The fraction of sp³-hybridized carbons (Fsp3) is 0.443. The van der Waals surface area contributed by atoms with Crippen LogP contribution in [-0.2, 0) is 56.0 Å². The molecule has 0 bridgehead atoms. The van der Waals surface area contributed by atoms with Gasteiger partial charge < -0.3 is 4.74 Å². The molecule has 0 N–H and O–H groups in total. The van der Waals surface area contributed by atoms with Crippen molar-refractivity contribution in [2.24, 2.45) is 0 Å². The summed E-state index contributed by atoms with van der Waals surface area (Å²) >= 11 is 0. The van der Waals surface area contributed by atoms with E-state index in [2.05, 4.69) is 46.8 Å². The number of hydrogen-bond donors (Lipinski definition) is 0. The van der Waals surface area contributed by atoms with Gasteiger partial charge in [-0.05, 0) is 30.7 Å². The molecular formula is C61H59BF24N2O. The van der Waals surface area contributed by atoms with Crippen LogP contribution in [0, 0.1) is 0 Å². The van der Waals surface area contributed by atoms with E-state index in [1.807, 2.05) is 18.6 Å². The van der Waals surface area contributed by atoms with Crippen LogP contribution in [0.5, 0.6) is 5.88 Å². The molecule has 89 heavy (non-hydrogen) atoms. The summed E-state index contributed by atoms with van der Waals surface area (Å²) in [4.78, 5) is 4.24. The second-order valence-corrected chi connectivity index (χ2v) is 21.4. The standard InChI is InChI=1S/C32H12BF24.C29H47N2O/c34-25(35,36)13-1-14(26(37,38)39)6-21(5-13)33(22-7-15(27(40,41)42)2-16(8-22)28(43,44)45,23-9-17(29(46,47)48)3-18(10-23)30(49,50)51)24-11-19(31(52,53)54)4-20(12-24)32(55,56)57;1-2-3-4-5-6-7-8-9-10-11-12-13-14-15-16-20-25-32-29-26-30-23-24-31(29)27-28-21-18-17-19-22-28/h1-12H;17-19,21-24,26H,2-16,20,25,27H2,1H3/q-1;+1. The van der Waals surface area contributed by atoms with E-state index in [4.69, 9.17) is 4.74 Å². The summed E-state index contributed by atoms with van der Waals surface area (Å²) in [5.74, 6) is 0.859. The Balaban J connectivity index is 0.000000380. The van der Waals surface area contributed by atoms with Gasteiger partial charge in [-0.2, -0.15) is 132 Å². The topological polar surface area (TPSA) is 26.0 Å². The van der Waals surface area contributed by atoms with Gasteiger partial charge in [-0.25, -0.2) is 4.98 Å². The Bertz CT molecular complexity index is 2760. The number of ether oxygens (including phenoxy) is 1. The van der Waals surface area contributed by atoms with Crippen LogP contribution in [0.4, 0.5) is 105 Å². The third-order valence-corrected chi connectivity index (χ3v) is 14.7. The first-order chi connectivity index (χ1) is 41.2. The lowest BCUT2D eigenvalue weighted by atomic mass is 9.12. The molecule has 6 rings (SSSR count). The van der Waals surface area contributed by atoms with Gasteiger partial charge in [0.25, 0.3) is 0 Å². The van der Waals surface area contributed by atoms with Crippen LogP contribution >= 0.6 is 0 Å². The van der Waals surface area contributed by atoms with Gasteiger partial charge in [0.2, 0.25) is 0 Å². The molecule has 0 unspecified atom stereocenters. The minimum absolute atomic E-state index is 0.691. The van der Waals surface area contributed by atoms with Crippen molar-refractivity contribution in [2.45, 2.75) is 166 Å². The van der Waals surface area contributed by atoms with Gasteiger partial charge >= 0.3 is 55.3 Å². The number of aromatic nitrogens is 2. The molecule has 0 saturated carbocycles. The summed E-state index contributed by atoms with van der Waals surface area (Å²) in [6.45, 7) is 3.89. The first-order valence-corrected chi connectivity index (χ1v) is 28.0. The smallest absolute Gasteiger partial charge is 0.416 e. The Morgan fingerprint density at radius 3 is 0.865 bits per heavy atom. The number of hydrogen-bond acceptors (Lipinski definition) is 2. The first-order valence-electron chi connectivity index (χ1n) is 28.0. The molecule has 6 aromatic rings. The summed E-state index contributed by atoms with van der Waals surface area (Å²) in [6.07, 6.45) is -26.9. The molecule has 0 aliphatic carbocycles. The average molecular weight is 1300 g/mol. The molecule has 28 heteroatoms. The SMILES string of the molecule is CCCCCCCCCCCCCCCCCCOc1cncc[n+]1Cc1ccccc1.FC(F)(F)c1cc([B-](c2cc(C(F)(F)F)cc(C(F)(F)F)c2)(c2cc(C(F)(F)F)cc(C(F)(F)F)c2)c2cc(C(F)(F)F)cc(C(F)(F)F)c2)cc(C(F)(F)F)c1. The minimum Gasteiger partial charge on any atom is -0.443 e. The zero-order valence-corrected chi connectivity index (χ0v) is 47.2. The van der Waals surface area contributed by atoms with Crippen molar-refractivity contribution < 1.29 is 115 Å². The normalized spacial score (nSPS) is 13.1. The molecule has 490 valence electrons. The Hall–Kier alpha value is -6.64. The quantitative estimate of drug-likeness (QED) is 0.0261. The van der Waals surface area contributed by atoms with E-state index >= 15 is 0 Å². The fourth-order valence-electron chi connectivity index (χ4n) is 10.3. The molecule has 1 heterocycles. The molecule has 0 fully saturated rings. The van der Waals surface area contributed by atoms with Crippen molar-refractivity contribution in [3.63, 3.8) is 0 Å². The van der Waals surface area contributed by atoms with E-state index in [0.717, 1.165) is 25.5 Å².